The van der Waals surface area contributed by atoms with E-state index in [1.54, 1.807) is 6.07 Å². The van der Waals surface area contributed by atoms with E-state index in [-0.39, 0.29) is 11.4 Å². The molecule has 0 heterocycles. The molecule has 0 bridgehead atoms. The smallest absolute Gasteiger partial charge is 0.181 e. The highest BCUT2D eigenvalue weighted by Crippen LogP contribution is 2.23. The molecule has 1 aromatic carbocycles. The Morgan fingerprint density at radius 1 is 1.62 bits per heavy atom. The molecule has 13 heavy (non-hydrogen) atoms. The second kappa shape index (κ2) is 4.70. The van der Waals surface area contributed by atoms with Gasteiger partial charge < -0.3 is 0 Å². The van der Waals surface area contributed by atoms with Crippen molar-refractivity contribution in [3.8, 4) is 0 Å². The van der Waals surface area contributed by atoms with Gasteiger partial charge in [-0.3, -0.25) is 4.79 Å². The lowest BCUT2D eigenvalue weighted by atomic mass is 10.1. The van der Waals surface area contributed by atoms with Crippen molar-refractivity contribution in [1.82, 2.24) is 0 Å². The molecule has 0 radical (unpaired) electrons. The molecule has 0 saturated heterocycles. The molecule has 0 saturated carbocycles. The number of carbonyl (C=O) groups excluding carboxylic acids is 1. The van der Waals surface area contributed by atoms with Gasteiger partial charge in [-0.05, 0) is 50.7 Å². The molecule has 0 spiro atoms. The predicted molar refractivity (Wildman–Crippen MR) is 61.9 cm³/mol. The van der Waals surface area contributed by atoms with Crippen molar-refractivity contribution >= 4 is 55.9 Å². The van der Waals surface area contributed by atoms with Crippen LogP contribution in [0.2, 0.25) is 0 Å². The number of carbonyl (C=O) groups is 1. The Morgan fingerprint density at radius 2 is 2.23 bits per heavy atom. The maximum atomic E-state index is 13.2. The molecule has 0 N–H and O–H groups in total. The zero-order valence-corrected chi connectivity index (χ0v) is 10.8. The topological polar surface area (TPSA) is 17.1 Å². The van der Waals surface area contributed by atoms with E-state index in [4.69, 9.17) is 11.6 Å². The Kier molecular flexibility index (Phi) is 4.12. The molecule has 70 valence electrons. The van der Waals surface area contributed by atoms with Crippen molar-refractivity contribution in [2.45, 2.75) is 0 Å². The molecule has 1 aromatic rings. The molecule has 0 atom stereocenters. The standard InChI is InChI=1S/C8H4BrClFIO/c9-5-1-4(12)2-6(11)8(5)7(13)3-10/h1-2H,3H2. The minimum atomic E-state index is -0.538. The van der Waals surface area contributed by atoms with Gasteiger partial charge >= 0.3 is 0 Å². The second-order valence-corrected chi connectivity index (χ2v) is 4.67. The van der Waals surface area contributed by atoms with Gasteiger partial charge in [-0.2, -0.15) is 0 Å². The third kappa shape index (κ3) is 2.63. The Labute approximate surface area is 102 Å². The van der Waals surface area contributed by atoms with Crippen LogP contribution in [0.15, 0.2) is 16.6 Å². The van der Waals surface area contributed by atoms with Gasteiger partial charge in [0, 0.05) is 8.04 Å². The van der Waals surface area contributed by atoms with Gasteiger partial charge in [0.05, 0.1) is 11.4 Å². The summed E-state index contributed by atoms with van der Waals surface area (Å²) in [6.45, 7) is 0. The monoisotopic (exact) mass is 376 g/mol. The first-order chi connectivity index (χ1) is 6.06. The number of alkyl halides is 1. The maximum Gasteiger partial charge on any atom is 0.181 e. The predicted octanol–water partition coefficient (Wildman–Crippen LogP) is 3.61. The molecule has 1 nitrogen and oxygen atoms in total. The molecule has 0 amide bonds. The van der Waals surface area contributed by atoms with Crippen LogP contribution in [0.25, 0.3) is 0 Å². The molecule has 1 rings (SSSR count). The van der Waals surface area contributed by atoms with E-state index in [1.807, 2.05) is 22.6 Å². The Hall–Kier alpha value is 0.320. The van der Waals surface area contributed by atoms with Crippen molar-refractivity contribution in [2.24, 2.45) is 0 Å². The van der Waals surface area contributed by atoms with Gasteiger partial charge in [-0.15, -0.1) is 11.6 Å². The first-order valence-corrected chi connectivity index (χ1v) is 5.70. The van der Waals surface area contributed by atoms with Crippen LogP contribution in [0.4, 0.5) is 4.39 Å². The van der Waals surface area contributed by atoms with Crippen LogP contribution in [-0.4, -0.2) is 11.7 Å². The number of ketones is 1. The van der Waals surface area contributed by atoms with E-state index in [0.29, 0.717) is 4.47 Å². The quantitative estimate of drug-likeness (QED) is 0.437. The van der Waals surface area contributed by atoms with Crippen molar-refractivity contribution in [2.75, 3.05) is 5.88 Å². The van der Waals surface area contributed by atoms with Crippen molar-refractivity contribution in [3.05, 3.63) is 31.6 Å². The summed E-state index contributed by atoms with van der Waals surface area (Å²) < 4.78 is 14.4. The highest BCUT2D eigenvalue weighted by Gasteiger charge is 2.15. The highest BCUT2D eigenvalue weighted by atomic mass is 127. The number of rotatable bonds is 2. The fourth-order valence-electron chi connectivity index (χ4n) is 0.875. The Morgan fingerprint density at radius 3 is 2.69 bits per heavy atom. The van der Waals surface area contributed by atoms with E-state index in [2.05, 4.69) is 15.9 Å². The van der Waals surface area contributed by atoms with Gasteiger partial charge in [0.2, 0.25) is 0 Å². The number of halogens is 4. The fraction of sp³-hybridized carbons (Fsp3) is 0.125. The van der Waals surface area contributed by atoms with Crippen LogP contribution >= 0.6 is 50.1 Å². The van der Waals surface area contributed by atoms with Gasteiger partial charge in [0.25, 0.3) is 0 Å². The van der Waals surface area contributed by atoms with Crippen LogP contribution < -0.4 is 0 Å². The zero-order valence-electron chi connectivity index (χ0n) is 6.28. The molecule has 0 unspecified atom stereocenters. The Balaban J connectivity index is 3.28. The van der Waals surface area contributed by atoms with Crippen LogP contribution in [0.3, 0.4) is 0 Å². The summed E-state index contributed by atoms with van der Waals surface area (Å²) in [4.78, 5) is 11.2. The normalized spacial score (nSPS) is 10.2. The van der Waals surface area contributed by atoms with Crippen LogP contribution in [0.1, 0.15) is 10.4 Å². The number of Topliss-reactive ketones (excluding diaryl/α,β-unsaturated/α-hetero) is 1. The van der Waals surface area contributed by atoms with Crippen LogP contribution in [0.5, 0.6) is 0 Å². The number of hydrogen-bond acceptors (Lipinski definition) is 1. The average molecular weight is 377 g/mol. The van der Waals surface area contributed by atoms with E-state index >= 15 is 0 Å². The minimum absolute atomic E-state index is 0.0235. The summed E-state index contributed by atoms with van der Waals surface area (Å²) in [6.07, 6.45) is 0. The maximum absolute atomic E-state index is 13.2. The first kappa shape index (κ1) is 11.4. The molecule has 0 aliphatic heterocycles. The molecule has 0 aliphatic carbocycles. The van der Waals surface area contributed by atoms with E-state index in [0.717, 1.165) is 3.57 Å². The number of benzene rings is 1. The summed E-state index contributed by atoms with van der Waals surface area (Å²) in [7, 11) is 0. The van der Waals surface area contributed by atoms with E-state index in [9.17, 15) is 9.18 Å². The minimum Gasteiger partial charge on any atom is -0.293 e. The fourth-order valence-corrected chi connectivity index (χ4v) is 2.68. The van der Waals surface area contributed by atoms with Crippen molar-refractivity contribution in [3.63, 3.8) is 0 Å². The summed E-state index contributed by atoms with van der Waals surface area (Å²) in [5, 5.41) is 0. The van der Waals surface area contributed by atoms with Crippen molar-refractivity contribution < 1.29 is 9.18 Å². The van der Waals surface area contributed by atoms with E-state index in [1.165, 1.54) is 6.07 Å². The summed E-state index contributed by atoms with van der Waals surface area (Å²) in [6, 6.07) is 2.97. The Bertz CT molecular complexity index is 333. The van der Waals surface area contributed by atoms with Gasteiger partial charge in [-0.1, -0.05) is 0 Å². The van der Waals surface area contributed by atoms with Crippen LogP contribution in [-0.2, 0) is 0 Å². The molecule has 5 heteroatoms. The second-order valence-electron chi connectivity index (χ2n) is 2.30. The third-order valence-corrected chi connectivity index (χ3v) is 2.90. The molecule has 0 aliphatic rings. The first-order valence-electron chi connectivity index (χ1n) is 3.30. The molecular formula is C8H4BrClFIO. The molecular weight excluding hydrogens is 373 g/mol. The summed E-state index contributed by atoms with van der Waals surface area (Å²) >= 11 is 10.4. The molecule has 0 aromatic heterocycles. The lowest BCUT2D eigenvalue weighted by Gasteiger charge is -2.03. The SMILES string of the molecule is O=C(CCl)c1c(F)cc(I)cc1Br. The highest BCUT2D eigenvalue weighted by molar-refractivity contribution is 14.1. The lowest BCUT2D eigenvalue weighted by Crippen LogP contribution is -2.05. The third-order valence-electron chi connectivity index (χ3n) is 1.41. The summed E-state index contributed by atoms with van der Waals surface area (Å²) in [5.74, 6) is -1.16. The largest absolute Gasteiger partial charge is 0.293 e. The summed E-state index contributed by atoms with van der Waals surface area (Å²) in [5.41, 5.74) is 0.0235. The van der Waals surface area contributed by atoms with Gasteiger partial charge in [0.15, 0.2) is 5.78 Å². The van der Waals surface area contributed by atoms with Crippen molar-refractivity contribution in [1.29, 1.82) is 0 Å². The zero-order chi connectivity index (χ0) is 10.0. The lowest BCUT2D eigenvalue weighted by molar-refractivity contribution is 0.101. The van der Waals surface area contributed by atoms with E-state index < -0.39 is 11.6 Å². The van der Waals surface area contributed by atoms with Gasteiger partial charge in [0.1, 0.15) is 5.82 Å². The molecule has 0 fully saturated rings. The van der Waals surface area contributed by atoms with Crippen LogP contribution in [0, 0.1) is 9.39 Å². The average Bonchev–Trinajstić information content (AvgIpc) is 2.02. The number of hydrogen-bond donors (Lipinski definition) is 0. The van der Waals surface area contributed by atoms with Gasteiger partial charge in [-0.25, -0.2) is 4.39 Å².